The number of oxazole rings is 1. The minimum atomic E-state index is -1.01. The zero-order chi connectivity index (χ0) is 51.2. The van der Waals surface area contributed by atoms with Crippen molar-refractivity contribution in [2.75, 3.05) is 83.2 Å². The van der Waals surface area contributed by atoms with Crippen LogP contribution in [0.3, 0.4) is 0 Å². The molecule has 376 valence electrons. The van der Waals surface area contributed by atoms with Crippen molar-refractivity contribution in [3.05, 3.63) is 53.9 Å². The van der Waals surface area contributed by atoms with Gasteiger partial charge in [-0.15, -0.1) is 0 Å². The molecule has 27 nitrogen and oxygen atoms in total. The van der Waals surface area contributed by atoms with E-state index in [2.05, 4.69) is 23.9 Å². The lowest BCUT2D eigenvalue weighted by Crippen LogP contribution is -2.37. The number of aromatic nitrogens is 1. The van der Waals surface area contributed by atoms with Crippen LogP contribution < -0.4 is 19.3 Å². The SMILES string of the molecule is CC(=O)OCOC(=O)CN(CC(=O)OCOC=O)c1cc2oc(-c3ncc(C(=O)OCOC(C)=O)o3)cc2cc1OCCOc1cc(C)ccc1N(CC(=O)OCOC(C)=O)CC(=O)OCOC(C)=O. The van der Waals surface area contributed by atoms with E-state index in [4.69, 9.17) is 46.7 Å². The summed E-state index contributed by atoms with van der Waals surface area (Å²) in [6.45, 7) is -0.573. The van der Waals surface area contributed by atoms with Crippen molar-refractivity contribution in [2.45, 2.75) is 34.6 Å². The standard InChI is InChI=1S/C43H45N3O24/c1-25-6-7-31(45(15-39(53)65-21-60-26(2)48)16-40(54)66-22-61-27(3)49)34(10-25)58-8-9-59-35-11-30-12-36(42-44-14-37(70-42)43(56)68-24-63-29(5)51)69-33(30)13-32(35)46(17-38(52)64-20-57-19-47)18-41(55)67-23-62-28(4)50/h6-7,10-14,19H,8-9,15-18,20-24H2,1-5H3. The average molecular weight is 988 g/mol. The van der Waals surface area contributed by atoms with Crippen LogP contribution in [0.15, 0.2) is 51.4 Å². The highest BCUT2D eigenvalue weighted by atomic mass is 16.7. The number of aryl methyl sites for hydroxylation is 1. The molecule has 0 aliphatic rings. The molecule has 0 bridgehead atoms. The van der Waals surface area contributed by atoms with E-state index in [1.807, 2.05) is 0 Å². The smallest absolute Gasteiger partial charge is 0.378 e. The van der Waals surface area contributed by atoms with Gasteiger partial charge in [0.2, 0.25) is 39.7 Å². The molecular formula is C43H45N3O24. The number of hydrogen-bond donors (Lipinski definition) is 0. The first kappa shape index (κ1) is 53.7. The number of ether oxygens (including phenoxy) is 12. The second-order valence-electron chi connectivity index (χ2n) is 13.8. The minimum Gasteiger partial charge on any atom is -0.488 e. The van der Waals surface area contributed by atoms with Crippen LogP contribution in [-0.2, 0) is 90.5 Å². The van der Waals surface area contributed by atoms with Gasteiger partial charge in [-0.3, -0.25) is 43.2 Å². The second kappa shape index (κ2) is 27.0. The van der Waals surface area contributed by atoms with E-state index < -0.39 is 114 Å². The summed E-state index contributed by atoms with van der Waals surface area (Å²) in [5.41, 5.74) is 0.936. The summed E-state index contributed by atoms with van der Waals surface area (Å²) in [5, 5.41) is 0.323. The summed E-state index contributed by atoms with van der Waals surface area (Å²) in [6, 6.07) is 9.02. The zero-order valence-electron chi connectivity index (χ0n) is 38.0. The van der Waals surface area contributed by atoms with Gasteiger partial charge >= 0.3 is 53.7 Å². The van der Waals surface area contributed by atoms with Gasteiger partial charge in [0, 0.05) is 39.1 Å². The number of carbonyl (C=O) groups is 10. The Labute approximate surface area is 395 Å². The molecule has 0 aliphatic carbocycles. The second-order valence-corrected chi connectivity index (χ2v) is 13.8. The van der Waals surface area contributed by atoms with E-state index in [0.717, 1.165) is 38.8 Å². The number of rotatable bonds is 28. The number of benzene rings is 2. The maximum Gasteiger partial charge on any atom is 0.378 e. The molecule has 4 aromatic rings. The van der Waals surface area contributed by atoms with Crippen molar-refractivity contribution < 1.29 is 114 Å². The molecule has 4 rings (SSSR count). The Morgan fingerprint density at radius 2 is 1.03 bits per heavy atom. The maximum atomic E-state index is 13.0. The van der Waals surface area contributed by atoms with Gasteiger partial charge in [-0.1, -0.05) is 6.07 Å². The minimum absolute atomic E-state index is 0.00446. The van der Waals surface area contributed by atoms with Crippen molar-refractivity contribution >= 4 is 82.5 Å². The molecule has 2 aromatic carbocycles. The fourth-order valence-corrected chi connectivity index (χ4v) is 5.46. The summed E-state index contributed by atoms with van der Waals surface area (Å²) < 4.78 is 71.6. The van der Waals surface area contributed by atoms with E-state index in [9.17, 15) is 47.9 Å². The lowest BCUT2D eigenvalue weighted by Gasteiger charge is -2.26. The molecule has 70 heavy (non-hydrogen) atoms. The Balaban J connectivity index is 1.68. The molecule has 0 aliphatic heterocycles. The predicted molar refractivity (Wildman–Crippen MR) is 227 cm³/mol. The predicted octanol–water partition coefficient (Wildman–Crippen LogP) is 2.01. The Morgan fingerprint density at radius 3 is 1.53 bits per heavy atom. The third kappa shape index (κ3) is 18.1. The summed E-state index contributed by atoms with van der Waals surface area (Å²) in [6.07, 6.45) is 1.04. The van der Waals surface area contributed by atoms with Gasteiger partial charge in [0.25, 0.3) is 12.4 Å². The normalized spacial score (nSPS) is 10.4. The van der Waals surface area contributed by atoms with Gasteiger partial charge in [-0.2, -0.15) is 0 Å². The van der Waals surface area contributed by atoms with Crippen LogP contribution in [0.2, 0.25) is 0 Å². The van der Waals surface area contributed by atoms with Crippen molar-refractivity contribution in [3.63, 3.8) is 0 Å². The first-order valence-electron chi connectivity index (χ1n) is 20.2. The van der Waals surface area contributed by atoms with Crippen molar-refractivity contribution in [1.29, 1.82) is 0 Å². The maximum absolute atomic E-state index is 13.0. The van der Waals surface area contributed by atoms with Crippen LogP contribution in [0.5, 0.6) is 11.5 Å². The van der Waals surface area contributed by atoms with Gasteiger partial charge in [-0.05, 0) is 36.8 Å². The van der Waals surface area contributed by atoms with Gasteiger partial charge in [0.15, 0.2) is 5.76 Å². The quantitative estimate of drug-likeness (QED) is 0.0258. The van der Waals surface area contributed by atoms with Gasteiger partial charge < -0.3 is 75.5 Å². The van der Waals surface area contributed by atoms with Crippen LogP contribution in [0.25, 0.3) is 22.6 Å². The molecular weight excluding hydrogens is 942 g/mol. The van der Waals surface area contributed by atoms with Crippen LogP contribution in [0.1, 0.15) is 43.8 Å². The van der Waals surface area contributed by atoms with Gasteiger partial charge in [0.1, 0.15) is 56.5 Å². The number of carbonyl (C=O) groups excluding carboxylic acids is 10. The van der Waals surface area contributed by atoms with Crippen LogP contribution in [0.4, 0.5) is 11.4 Å². The number of furan rings is 1. The summed E-state index contributed by atoms with van der Waals surface area (Å²) in [5.74, 6) is -8.22. The van der Waals surface area contributed by atoms with Crippen LogP contribution in [0, 0.1) is 6.92 Å². The summed E-state index contributed by atoms with van der Waals surface area (Å²) in [4.78, 5) is 126. The van der Waals surface area contributed by atoms with Crippen molar-refractivity contribution in [1.82, 2.24) is 4.98 Å². The zero-order valence-corrected chi connectivity index (χ0v) is 38.0. The summed E-state index contributed by atoms with van der Waals surface area (Å²) >= 11 is 0. The van der Waals surface area contributed by atoms with E-state index in [1.54, 1.807) is 19.1 Å². The molecule has 0 atom stereocenters. The fourth-order valence-electron chi connectivity index (χ4n) is 5.46. The van der Waals surface area contributed by atoms with E-state index in [0.29, 0.717) is 10.9 Å². The van der Waals surface area contributed by atoms with E-state index >= 15 is 0 Å². The highest BCUT2D eigenvalue weighted by Crippen LogP contribution is 2.38. The van der Waals surface area contributed by atoms with Crippen LogP contribution >= 0.6 is 0 Å². The molecule has 0 spiro atoms. The third-order valence-corrected chi connectivity index (χ3v) is 8.45. The van der Waals surface area contributed by atoms with Gasteiger partial charge in [0.05, 0.1) is 17.6 Å². The Hall–Kier alpha value is -8.91. The summed E-state index contributed by atoms with van der Waals surface area (Å²) in [7, 11) is 0. The highest BCUT2D eigenvalue weighted by Gasteiger charge is 2.26. The lowest BCUT2D eigenvalue weighted by molar-refractivity contribution is -0.167. The lowest BCUT2D eigenvalue weighted by atomic mass is 10.2. The van der Waals surface area contributed by atoms with Gasteiger partial charge in [-0.25, -0.2) is 9.78 Å². The number of hydrogen-bond acceptors (Lipinski definition) is 27. The molecule has 2 heterocycles. The monoisotopic (exact) mass is 987 g/mol. The average Bonchev–Trinajstić information content (AvgIpc) is 3.95. The van der Waals surface area contributed by atoms with Crippen molar-refractivity contribution in [3.8, 4) is 23.1 Å². The van der Waals surface area contributed by atoms with E-state index in [-0.39, 0.29) is 65.6 Å². The number of nitrogens with zero attached hydrogens (tertiary/aromatic N) is 3. The number of fused-ring (bicyclic) bond motifs is 1. The molecule has 0 fully saturated rings. The van der Waals surface area contributed by atoms with Crippen LogP contribution in [-0.4, -0.2) is 139 Å². The van der Waals surface area contributed by atoms with E-state index in [1.165, 1.54) is 29.2 Å². The van der Waals surface area contributed by atoms with Crippen molar-refractivity contribution in [2.24, 2.45) is 0 Å². The number of esters is 9. The first-order valence-corrected chi connectivity index (χ1v) is 20.2. The Morgan fingerprint density at radius 1 is 0.557 bits per heavy atom. The topological polar surface area (TPSA) is 327 Å². The molecule has 2 aromatic heterocycles. The molecule has 0 N–H and O–H groups in total. The molecule has 27 heteroatoms. The molecule has 0 saturated carbocycles. The molecule has 0 amide bonds. The fraction of sp³-hybridized carbons (Fsp3) is 0.372. The largest absolute Gasteiger partial charge is 0.488 e. The highest BCUT2D eigenvalue weighted by molar-refractivity contribution is 5.91. The molecule has 0 radical (unpaired) electrons. The number of anilines is 2. The first-order chi connectivity index (χ1) is 33.4. The third-order valence-electron chi connectivity index (χ3n) is 8.45. The molecule has 0 unspecified atom stereocenters. The Kier molecular flexibility index (Phi) is 20.7. The Bertz CT molecular complexity index is 2500. The molecule has 0 saturated heterocycles.